The third kappa shape index (κ3) is 3.39. The van der Waals surface area contributed by atoms with Crippen LogP contribution in [0.4, 0.5) is 11.4 Å². The molecule has 0 aromatic heterocycles. The number of ether oxygens (including phenoxy) is 1. The van der Waals surface area contributed by atoms with E-state index in [0.29, 0.717) is 12.4 Å². The zero-order valence-electron chi connectivity index (χ0n) is 11.6. The smallest absolute Gasteiger partial charge is 0.275 e. The van der Waals surface area contributed by atoms with Gasteiger partial charge in [-0.05, 0) is 25.7 Å². The Morgan fingerprint density at radius 2 is 2.30 bits per heavy atom. The predicted molar refractivity (Wildman–Crippen MR) is 76.3 cm³/mol. The topological polar surface area (TPSA) is 75.8 Å². The number of anilines is 1. The lowest BCUT2D eigenvalue weighted by Gasteiger charge is -2.33. The predicted octanol–water partition coefficient (Wildman–Crippen LogP) is 2.20. The fourth-order valence-corrected chi connectivity index (χ4v) is 2.55. The minimum absolute atomic E-state index is 0.0390. The molecular weight excluding hydrogens is 260 g/mol. The summed E-state index contributed by atoms with van der Waals surface area (Å²) in [5, 5.41) is 20.3. The molecular formula is C14H20N2O4. The SMILES string of the molecule is CCOc1cc(N2CCCC(CO)C2)cc([N+](=O)[O-])c1. The van der Waals surface area contributed by atoms with E-state index in [1.54, 1.807) is 6.07 Å². The van der Waals surface area contributed by atoms with E-state index in [0.717, 1.165) is 31.6 Å². The number of hydrogen-bond acceptors (Lipinski definition) is 5. The van der Waals surface area contributed by atoms with Gasteiger partial charge in [0.2, 0.25) is 0 Å². The summed E-state index contributed by atoms with van der Waals surface area (Å²) in [7, 11) is 0. The molecule has 1 unspecified atom stereocenters. The van der Waals surface area contributed by atoms with Crippen molar-refractivity contribution in [2.75, 3.05) is 31.2 Å². The summed E-state index contributed by atoms with van der Waals surface area (Å²) in [6, 6.07) is 4.85. The van der Waals surface area contributed by atoms with Crippen molar-refractivity contribution < 1.29 is 14.8 Å². The molecule has 2 rings (SSSR count). The highest BCUT2D eigenvalue weighted by molar-refractivity contribution is 5.58. The summed E-state index contributed by atoms with van der Waals surface area (Å²) in [5.41, 5.74) is 0.831. The van der Waals surface area contributed by atoms with Crippen molar-refractivity contribution in [3.8, 4) is 5.75 Å². The van der Waals surface area contributed by atoms with E-state index in [1.807, 2.05) is 13.0 Å². The Bertz CT molecular complexity index is 478. The van der Waals surface area contributed by atoms with Gasteiger partial charge in [-0.15, -0.1) is 0 Å². The number of piperidine rings is 1. The van der Waals surface area contributed by atoms with Crippen molar-refractivity contribution in [3.05, 3.63) is 28.3 Å². The molecule has 1 aromatic carbocycles. The van der Waals surface area contributed by atoms with Crippen molar-refractivity contribution in [1.29, 1.82) is 0 Å². The molecule has 0 radical (unpaired) electrons. The largest absolute Gasteiger partial charge is 0.494 e. The summed E-state index contributed by atoms with van der Waals surface area (Å²) in [6.45, 7) is 4.05. The molecule has 1 saturated heterocycles. The third-order valence-corrected chi connectivity index (χ3v) is 3.54. The van der Waals surface area contributed by atoms with Gasteiger partial charge in [-0.2, -0.15) is 0 Å². The second kappa shape index (κ2) is 6.56. The Labute approximate surface area is 118 Å². The van der Waals surface area contributed by atoms with E-state index in [-0.39, 0.29) is 18.2 Å². The van der Waals surface area contributed by atoms with Gasteiger partial charge in [-0.1, -0.05) is 0 Å². The monoisotopic (exact) mass is 280 g/mol. The third-order valence-electron chi connectivity index (χ3n) is 3.54. The average Bonchev–Trinajstić information content (AvgIpc) is 2.47. The van der Waals surface area contributed by atoms with Gasteiger partial charge in [0.05, 0.1) is 17.6 Å². The standard InChI is InChI=1S/C14H20N2O4/c1-2-20-14-7-12(6-13(8-14)16(18)19)15-5-3-4-11(9-15)10-17/h6-8,11,17H,2-5,9-10H2,1H3. The van der Waals surface area contributed by atoms with Crippen LogP contribution in [-0.4, -0.2) is 36.3 Å². The fraction of sp³-hybridized carbons (Fsp3) is 0.571. The van der Waals surface area contributed by atoms with Gasteiger partial charge in [0.1, 0.15) is 5.75 Å². The van der Waals surface area contributed by atoms with Crippen LogP contribution in [0.1, 0.15) is 19.8 Å². The molecule has 0 bridgehead atoms. The number of aliphatic hydroxyl groups is 1. The number of hydrogen-bond donors (Lipinski definition) is 1. The molecule has 1 aliphatic heterocycles. The summed E-state index contributed by atoms with van der Waals surface area (Å²) < 4.78 is 5.40. The Morgan fingerprint density at radius 1 is 1.50 bits per heavy atom. The van der Waals surface area contributed by atoms with Crippen molar-refractivity contribution in [2.24, 2.45) is 5.92 Å². The number of rotatable bonds is 5. The first-order valence-electron chi connectivity index (χ1n) is 6.92. The van der Waals surface area contributed by atoms with Gasteiger partial charge >= 0.3 is 0 Å². The number of aliphatic hydroxyl groups excluding tert-OH is 1. The molecule has 1 fully saturated rings. The van der Waals surface area contributed by atoms with Gasteiger partial charge in [0.25, 0.3) is 5.69 Å². The Balaban J connectivity index is 2.27. The highest BCUT2D eigenvalue weighted by Gasteiger charge is 2.21. The van der Waals surface area contributed by atoms with Crippen molar-refractivity contribution in [2.45, 2.75) is 19.8 Å². The van der Waals surface area contributed by atoms with Crippen LogP contribution >= 0.6 is 0 Å². The van der Waals surface area contributed by atoms with Crippen LogP contribution in [0.5, 0.6) is 5.75 Å². The van der Waals surface area contributed by atoms with E-state index >= 15 is 0 Å². The molecule has 0 saturated carbocycles. The maximum absolute atomic E-state index is 11.0. The molecule has 1 aliphatic rings. The molecule has 110 valence electrons. The van der Waals surface area contributed by atoms with E-state index in [9.17, 15) is 15.2 Å². The number of benzene rings is 1. The van der Waals surface area contributed by atoms with Crippen molar-refractivity contribution >= 4 is 11.4 Å². The van der Waals surface area contributed by atoms with Crippen LogP contribution in [0.15, 0.2) is 18.2 Å². The highest BCUT2D eigenvalue weighted by Crippen LogP contribution is 2.31. The summed E-state index contributed by atoms with van der Waals surface area (Å²) in [6.07, 6.45) is 1.98. The molecule has 1 heterocycles. The van der Waals surface area contributed by atoms with E-state index < -0.39 is 4.92 Å². The molecule has 6 nitrogen and oxygen atoms in total. The van der Waals surface area contributed by atoms with Crippen molar-refractivity contribution in [1.82, 2.24) is 0 Å². The van der Waals surface area contributed by atoms with Crippen LogP contribution in [-0.2, 0) is 0 Å². The normalized spacial score (nSPS) is 18.9. The summed E-state index contributed by atoms with van der Waals surface area (Å²) in [5.74, 6) is 0.751. The fourth-order valence-electron chi connectivity index (χ4n) is 2.55. The first-order chi connectivity index (χ1) is 9.63. The molecule has 0 spiro atoms. The second-order valence-electron chi connectivity index (χ2n) is 5.01. The average molecular weight is 280 g/mol. The maximum Gasteiger partial charge on any atom is 0.275 e. The quantitative estimate of drug-likeness (QED) is 0.661. The molecule has 6 heteroatoms. The zero-order valence-corrected chi connectivity index (χ0v) is 11.6. The Kier molecular flexibility index (Phi) is 4.79. The van der Waals surface area contributed by atoms with Crippen LogP contribution in [0.25, 0.3) is 0 Å². The second-order valence-corrected chi connectivity index (χ2v) is 5.01. The molecule has 20 heavy (non-hydrogen) atoms. The lowest BCUT2D eigenvalue weighted by molar-refractivity contribution is -0.384. The minimum Gasteiger partial charge on any atom is -0.494 e. The lowest BCUT2D eigenvalue weighted by Crippen LogP contribution is -2.36. The zero-order chi connectivity index (χ0) is 14.5. The maximum atomic E-state index is 11.0. The van der Waals surface area contributed by atoms with Crippen LogP contribution in [0, 0.1) is 16.0 Å². The first-order valence-corrected chi connectivity index (χ1v) is 6.92. The number of nitro groups is 1. The van der Waals surface area contributed by atoms with E-state index in [2.05, 4.69) is 4.90 Å². The van der Waals surface area contributed by atoms with Gasteiger partial charge in [-0.3, -0.25) is 10.1 Å². The molecule has 1 aromatic rings. The molecule has 1 atom stereocenters. The van der Waals surface area contributed by atoms with Crippen LogP contribution in [0.3, 0.4) is 0 Å². The number of nitrogens with zero attached hydrogens (tertiary/aromatic N) is 2. The van der Waals surface area contributed by atoms with Gasteiger partial charge in [0.15, 0.2) is 0 Å². The number of nitro benzene ring substituents is 1. The highest BCUT2D eigenvalue weighted by atomic mass is 16.6. The summed E-state index contributed by atoms with van der Waals surface area (Å²) in [4.78, 5) is 12.7. The van der Waals surface area contributed by atoms with Crippen LogP contribution in [0.2, 0.25) is 0 Å². The summed E-state index contributed by atoms with van der Waals surface area (Å²) >= 11 is 0. The van der Waals surface area contributed by atoms with E-state index in [1.165, 1.54) is 6.07 Å². The van der Waals surface area contributed by atoms with E-state index in [4.69, 9.17) is 4.74 Å². The molecule has 0 aliphatic carbocycles. The first kappa shape index (κ1) is 14.6. The Hall–Kier alpha value is -1.82. The van der Waals surface area contributed by atoms with Gasteiger partial charge in [0, 0.05) is 37.5 Å². The van der Waals surface area contributed by atoms with Gasteiger partial charge in [-0.25, -0.2) is 0 Å². The lowest BCUT2D eigenvalue weighted by atomic mass is 9.98. The van der Waals surface area contributed by atoms with Gasteiger partial charge < -0.3 is 14.7 Å². The van der Waals surface area contributed by atoms with Crippen molar-refractivity contribution in [3.63, 3.8) is 0 Å². The Morgan fingerprint density at radius 3 is 2.95 bits per heavy atom. The van der Waals surface area contributed by atoms with Crippen LogP contribution < -0.4 is 9.64 Å². The number of non-ortho nitro benzene ring substituents is 1. The molecule has 0 amide bonds. The minimum atomic E-state index is -0.403. The molecule has 1 N–H and O–H groups in total.